The number of carboxylic acid groups (broad SMARTS) is 1. The van der Waals surface area contributed by atoms with Gasteiger partial charge in [0.1, 0.15) is 11.3 Å². The van der Waals surface area contributed by atoms with E-state index >= 15 is 0 Å². The van der Waals surface area contributed by atoms with Gasteiger partial charge in [0, 0.05) is 23.5 Å². The predicted octanol–water partition coefficient (Wildman–Crippen LogP) is 8.64. The number of aromatic nitrogens is 2. The van der Waals surface area contributed by atoms with Crippen molar-refractivity contribution in [3.05, 3.63) is 117 Å². The molecule has 5 aromatic rings. The molecule has 0 atom stereocenters. The largest absolute Gasteiger partial charge is 0.481 e. The lowest BCUT2D eigenvalue weighted by atomic mass is 9.83. The summed E-state index contributed by atoms with van der Waals surface area (Å²) in [6.07, 6.45) is -2.55. The monoisotopic (exact) mass is 649 g/mol. The molecule has 3 aromatic heterocycles. The van der Waals surface area contributed by atoms with Crippen molar-refractivity contribution in [1.82, 2.24) is 14.9 Å². The molecule has 0 aliphatic rings. The minimum absolute atomic E-state index is 0.0514. The van der Waals surface area contributed by atoms with Gasteiger partial charge in [0.2, 0.25) is 5.76 Å². The van der Waals surface area contributed by atoms with Gasteiger partial charge < -0.3 is 14.4 Å². The molecule has 0 spiro atoms. The first-order chi connectivity index (χ1) is 21.7. The van der Waals surface area contributed by atoms with Gasteiger partial charge in [0.25, 0.3) is 5.91 Å². The van der Waals surface area contributed by atoms with E-state index in [1.807, 2.05) is 19.9 Å². The highest BCUT2D eigenvalue weighted by atomic mass is 35.5. The molecule has 2 aromatic carbocycles. The van der Waals surface area contributed by atoms with E-state index in [0.717, 1.165) is 22.8 Å². The molecule has 0 aliphatic carbocycles. The zero-order chi connectivity index (χ0) is 33.4. The number of nitrogens with zero attached hydrogens (tertiary/aromatic N) is 3. The number of rotatable bonds is 9. The van der Waals surface area contributed by atoms with Crippen LogP contribution in [0.5, 0.6) is 0 Å². The number of aryl methyl sites for hydroxylation is 2. The first kappa shape index (κ1) is 32.7. The summed E-state index contributed by atoms with van der Waals surface area (Å²) in [5, 5.41) is 9.99. The quantitative estimate of drug-likeness (QED) is 0.172. The topological polar surface area (TPSA) is 96.5 Å². The average molecular weight is 650 g/mol. The first-order valence-electron chi connectivity index (χ1n) is 14.5. The minimum atomic E-state index is -4.68. The average Bonchev–Trinajstić information content (AvgIpc) is 3.50. The van der Waals surface area contributed by atoms with Crippen LogP contribution in [0.4, 0.5) is 13.2 Å². The fourth-order valence-corrected chi connectivity index (χ4v) is 5.33. The Morgan fingerprint density at radius 2 is 1.70 bits per heavy atom. The van der Waals surface area contributed by atoms with Crippen LogP contribution in [0, 0.1) is 6.92 Å². The van der Waals surface area contributed by atoms with Crippen LogP contribution in [0.2, 0.25) is 5.02 Å². The Labute approximate surface area is 268 Å². The lowest BCUT2D eigenvalue weighted by Gasteiger charge is -2.24. The van der Waals surface area contributed by atoms with Crippen molar-refractivity contribution in [2.75, 3.05) is 0 Å². The molecule has 1 amide bonds. The van der Waals surface area contributed by atoms with E-state index in [9.17, 15) is 27.9 Å². The maximum absolute atomic E-state index is 14.2. The van der Waals surface area contributed by atoms with Crippen LogP contribution in [0.1, 0.15) is 65.0 Å². The Morgan fingerprint density at radius 3 is 2.35 bits per heavy atom. The van der Waals surface area contributed by atoms with Gasteiger partial charge in [-0.15, -0.1) is 0 Å². The Bertz CT molecular complexity index is 1950. The number of furan rings is 1. The number of pyridine rings is 2. The lowest BCUT2D eigenvalue weighted by Crippen LogP contribution is -2.30. The molecular weight excluding hydrogens is 619 g/mol. The van der Waals surface area contributed by atoms with Crippen LogP contribution < -0.4 is 0 Å². The molecule has 0 aliphatic heterocycles. The highest BCUT2D eigenvalue weighted by Crippen LogP contribution is 2.33. The molecule has 0 saturated carbocycles. The molecule has 5 rings (SSSR count). The van der Waals surface area contributed by atoms with Crippen molar-refractivity contribution in [2.45, 2.75) is 58.8 Å². The molecule has 0 unspecified atom stereocenters. The van der Waals surface area contributed by atoms with Gasteiger partial charge in [-0.05, 0) is 85.3 Å². The second-order valence-electron chi connectivity index (χ2n) is 11.6. The third kappa shape index (κ3) is 6.62. The molecule has 11 heteroatoms. The smallest absolute Gasteiger partial charge is 0.449 e. The lowest BCUT2D eigenvalue weighted by molar-refractivity contribution is -0.153. The van der Waals surface area contributed by atoms with E-state index in [1.54, 1.807) is 68.6 Å². The van der Waals surface area contributed by atoms with Gasteiger partial charge in [0.15, 0.2) is 0 Å². The maximum Gasteiger partial charge on any atom is 0.449 e. The molecule has 0 bridgehead atoms. The summed E-state index contributed by atoms with van der Waals surface area (Å²) in [7, 11) is 0. The third-order valence-corrected chi connectivity index (χ3v) is 8.33. The molecule has 3 heterocycles. The van der Waals surface area contributed by atoms with Crippen LogP contribution in [0.15, 0.2) is 77.3 Å². The highest BCUT2D eigenvalue weighted by molar-refractivity contribution is 6.31. The molecule has 7 nitrogen and oxygen atoms in total. The molecule has 46 heavy (non-hydrogen) atoms. The van der Waals surface area contributed by atoms with Crippen LogP contribution in [-0.2, 0) is 35.9 Å². The van der Waals surface area contributed by atoms with Crippen molar-refractivity contribution in [2.24, 2.45) is 0 Å². The highest BCUT2D eigenvalue weighted by Gasteiger charge is 2.35. The van der Waals surface area contributed by atoms with Gasteiger partial charge in [-0.2, -0.15) is 13.2 Å². The number of halogens is 4. The SMILES string of the molecule is CCc1cc(C(=O)N(Cc2ccc(C(F)(F)F)o2)Cc2ccc(-c3cccc(C(C)(C)C(=O)O)c3)cc2Cl)c2nccc(C)c2n1. The molecule has 0 fully saturated rings. The van der Waals surface area contributed by atoms with E-state index in [0.29, 0.717) is 39.3 Å². The molecule has 1 N–H and O–H groups in total. The van der Waals surface area contributed by atoms with Crippen LogP contribution in [0.25, 0.3) is 22.2 Å². The number of carbonyl (C=O) groups excluding carboxylic acids is 1. The summed E-state index contributed by atoms with van der Waals surface area (Å²) in [4.78, 5) is 36.5. The Hall–Kier alpha value is -4.70. The normalized spacial score (nSPS) is 12.0. The number of benzene rings is 2. The number of carboxylic acids is 1. The van der Waals surface area contributed by atoms with Gasteiger partial charge in [-0.1, -0.05) is 54.9 Å². The maximum atomic E-state index is 14.2. The van der Waals surface area contributed by atoms with Gasteiger partial charge in [-0.3, -0.25) is 19.6 Å². The number of aliphatic carboxylic acids is 1. The second-order valence-corrected chi connectivity index (χ2v) is 12.0. The Kier molecular flexibility index (Phi) is 8.95. The summed E-state index contributed by atoms with van der Waals surface area (Å²) >= 11 is 6.76. The van der Waals surface area contributed by atoms with Gasteiger partial charge in [0.05, 0.1) is 23.0 Å². The Balaban J connectivity index is 1.54. The summed E-state index contributed by atoms with van der Waals surface area (Å²) < 4.78 is 45.1. The fraction of sp³-hybridized carbons (Fsp3) is 0.257. The van der Waals surface area contributed by atoms with E-state index in [2.05, 4.69) is 9.97 Å². The fourth-order valence-electron chi connectivity index (χ4n) is 5.09. The van der Waals surface area contributed by atoms with Crippen LogP contribution in [-0.4, -0.2) is 31.9 Å². The molecular formula is C35H31ClF3N3O4. The third-order valence-electron chi connectivity index (χ3n) is 7.98. The number of carbonyl (C=O) groups is 2. The second kappa shape index (κ2) is 12.6. The molecule has 238 valence electrons. The van der Waals surface area contributed by atoms with E-state index in [4.69, 9.17) is 16.0 Å². The van der Waals surface area contributed by atoms with E-state index < -0.39 is 29.2 Å². The zero-order valence-corrected chi connectivity index (χ0v) is 26.3. The van der Waals surface area contributed by atoms with Crippen molar-refractivity contribution in [3.63, 3.8) is 0 Å². The number of amides is 1. The van der Waals surface area contributed by atoms with Crippen LogP contribution >= 0.6 is 11.6 Å². The van der Waals surface area contributed by atoms with Crippen molar-refractivity contribution in [3.8, 4) is 11.1 Å². The van der Waals surface area contributed by atoms with E-state index in [1.165, 1.54) is 11.0 Å². The predicted molar refractivity (Wildman–Crippen MR) is 168 cm³/mol. The summed E-state index contributed by atoms with van der Waals surface area (Å²) in [6.45, 7) is 6.70. The van der Waals surface area contributed by atoms with Crippen LogP contribution in [0.3, 0.4) is 0 Å². The summed E-state index contributed by atoms with van der Waals surface area (Å²) in [6, 6.07) is 17.9. The minimum Gasteiger partial charge on any atom is -0.481 e. The van der Waals surface area contributed by atoms with Crippen molar-refractivity contribution >= 4 is 34.5 Å². The number of alkyl halides is 3. The Morgan fingerprint density at radius 1 is 0.957 bits per heavy atom. The molecule has 0 saturated heterocycles. The van der Waals surface area contributed by atoms with Gasteiger partial charge in [-0.25, -0.2) is 0 Å². The number of hydrogen-bond donors (Lipinski definition) is 1. The molecule has 0 radical (unpaired) electrons. The standard InChI is InChI=1S/C35H31ClF3N3O4/c1-5-25-17-27(31-30(41-25)20(2)13-14-40-31)32(43)42(19-26-11-12-29(46-26)35(37,38)39)18-23-10-9-22(16-28(23)36)21-7-6-8-24(15-21)34(3,4)33(44)45/h6-17H,5,18-19H2,1-4H3,(H,44,45). The van der Waals surface area contributed by atoms with E-state index in [-0.39, 0.29) is 24.4 Å². The number of hydrogen-bond acceptors (Lipinski definition) is 5. The number of fused-ring (bicyclic) bond motifs is 1. The zero-order valence-electron chi connectivity index (χ0n) is 25.6. The summed E-state index contributed by atoms with van der Waals surface area (Å²) in [5.41, 5.74) is 4.23. The first-order valence-corrected chi connectivity index (χ1v) is 14.9. The van der Waals surface area contributed by atoms with Crippen molar-refractivity contribution < 1.29 is 32.3 Å². The van der Waals surface area contributed by atoms with Gasteiger partial charge >= 0.3 is 12.1 Å². The summed E-state index contributed by atoms with van der Waals surface area (Å²) in [5.74, 6) is -2.65. The van der Waals surface area contributed by atoms with Crippen molar-refractivity contribution in [1.29, 1.82) is 0 Å².